The standard InChI is InChI=1S/C19H29NO5/c1-6-24-16-11-14(7-8-15(16)25-12-17(21)22)18(23)20-13(2)9-10-19(3,4)5/h7-8,11,13H,6,9-10,12H2,1-5H3,(H,20,23)(H,21,22). The lowest BCUT2D eigenvalue weighted by atomic mass is 9.89. The first-order valence-electron chi connectivity index (χ1n) is 8.54. The summed E-state index contributed by atoms with van der Waals surface area (Å²) in [5, 5.41) is 11.7. The molecular formula is C19H29NO5. The van der Waals surface area contributed by atoms with Gasteiger partial charge in [0.1, 0.15) is 0 Å². The van der Waals surface area contributed by atoms with Gasteiger partial charge in [-0.2, -0.15) is 0 Å². The topological polar surface area (TPSA) is 84.9 Å². The average molecular weight is 351 g/mol. The molecule has 0 saturated heterocycles. The van der Waals surface area contributed by atoms with Crippen molar-refractivity contribution in [3.05, 3.63) is 23.8 Å². The molecule has 0 saturated carbocycles. The van der Waals surface area contributed by atoms with Crippen molar-refractivity contribution in [2.24, 2.45) is 5.41 Å². The Balaban J connectivity index is 2.77. The van der Waals surface area contributed by atoms with E-state index >= 15 is 0 Å². The van der Waals surface area contributed by atoms with Crippen molar-refractivity contribution in [3.63, 3.8) is 0 Å². The summed E-state index contributed by atoms with van der Waals surface area (Å²) >= 11 is 0. The van der Waals surface area contributed by atoms with Gasteiger partial charge in [-0.15, -0.1) is 0 Å². The molecule has 140 valence electrons. The molecule has 0 aliphatic rings. The Labute approximate surface area is 149 Å². The highest BCUT2D eigenvalue weighted by Gasteiger charge is 2.16. The summed E-state index contributed by atoms with van der Waals surface area (Å²) in [6.45, 7) is 10.2. The minimum atomic E-state index is -1.07. The summed E-state index contributed by atoms with van der Waals surface area (Å²) in [5.41, 5.74) is 0.679. The molecule has 1 rings (SSSR count). The second-order valence-corrected chi connectivity index (χ2v) is 7.25. The van der Waals surface area contributed by atoms with E-state index in [2.05, 4.69) is 26.1 Å². The first kappa shape index (κ1) is 20.8. The van der Waals surface area contributed by atoms with Gasteiger partial charge in [0.15, 0.2) is 18.1 Å². The van der Waals surface area contributed by atoms with E-state index in [9.17, 15) is 9.59 Å². The van der Waals surface area contributed by atoms with Crippen LogP contribution in [0.15, 0.2) is 18.2 Å². The Morgan fingerprint density at radius 2 is 1.88 bits per heavy atom. The highest BCUT2D eigenvalue weighted by Crippen LogP contribution is 2.28. The van der Waals surface area contributed by atoms with Gasteiger partial charge in [-0.3, -0.25) is 4.79 Å². The first-order chi connectivity index (χ1) is 11.6. The van der Waals surface area contributed by atoms with Crippen LogP contribution in [0.5, 0.6) is 11.5 Å². The lowest BCUT2D eigenvalue weighted by Gasteiger charge is -2.21. The minimum absolute atomic E-state index is 0.0604. The van der Waals surface area contributed by atoms with Crippen LogP contribution in [-0.4, -0.2) is 36.2 Å². The van der Waals surface area contributed by atoms with Crippen LogP contribution in [0.25, 0.3) is 0 Å². The van der Waals surface area contributed by atoms with Gasteiger partial charge in [0, 0.05) is 11.6 Å². The number of amides is 1. The number of carbonyl (C=O) groups excluding carboxylic acids is 1. The van der Waals surface area contributed by atoms with E-state index in [0.717, 1.165) is 12.8 Å². The number of nitrogens with one attached hydrogen (secondary N) is 1. The summed E-state index contributed by atoms with van der Waals surface area (Å²) in [4.78, 5) is 23.1. The molecule has 25 heavy (non-hydrogen) atoms. The van der Waals surface area contributed by atoms with Crippen LogP contribution in [0.3, 0.4) is 0 Å². The Morgan fingerprint density at radius 3 is 2.44 bits per heavy atom. The van der Waals surface area contributed by atoms with Crippen molar-refractivity contribution in [1.29, 1.82) is 0 Å². The molecule has 0 aliphatic carbocycles. The summed E-state index contributed by atoms with van der Waals surface area (Å²) in [6.07, 6.45) is 1.91. The largest absolute Gasteiger partial charge is 0.490 e. The van der Waals surface area contributed by atoms with E-state index < -0.39 is 12.6 Å². The molecule has 0 spiro atoms. The van der Waals surface area contributed by atoms with E-state index in [-0.39, 0.29) is 17.4 Å². The lowest BCUT2D eigenvalue weighted by molar-refractivity contribution is -0.139. The highest BCUT2D eigenvalue weighted by atomic mass is 16.5. The molecular weight excluding hydrogens is 322 g/mol. The summed E-state index contributed by atoms with van der Waals surface area (Å²) < 4.78 is 10.6. The van der Waals surface area contributed by atoms with Crippen molar-refractivity contribution in [3.8, 4) is 11.5 Å². The van der Waals surface area contributed by atoms with Gasteiger partial charge < -0.3 is 19.9 Å². The number of carbonyl (C=O) groups is 2. The minimum Gasteiger partial charge on any atom is -0.490 e. The molecule has 0 radical (unpaired) electrons. The Kier molecular flexibility index (Phi) is 7.74. The molecule has 6 heteroatoms. The molecule has 0 aromatic heterocycles. The zero-order valence-corrected chi connectivity index (χ0v) is 15.7. The zero-order valence-electron chi connectivity index (χ0n) is 15.7. The van der Waals surface area contributed by atoms with E-state index in [1.54, 1.807) is 18.2 Å². The molecule has 0 aliphatic heterocycles. The molecule has 6 nitrogen and oxygen atoms in total. The highest BCUT2D eigenvalue weighted by molar-refractivity contribution is 5.95. The molecule has 0 bridgehead atoms. The van der Waals surface area contributed by atoms with Crippen molar-refractivity contribution >= 4 is 11.9 Å². The molecule has 1 aromatic carbocycles. The lowest BCUT2D eigenvalue weighted by Crippen LogP contribution is -2.33. The van der Waals surface area contributed by atoms with Crippen LogP contribution in [-0.2, 0) is 4.79 Å². The van der Waals surface area contributed by atoms with Crippen LogP contribution in [0, 0.1) is 5.41 Å². The van der Waals surface area contributed by atoms with E-state index in [0.29, 0.717) is 23.7 Å². The van der Waals surface area contributed by atoms with Crippen LogP contribution >= 0.6 is 0 Å². The fraction of sp³-hybridized carbons (Fsp3) is 0.579. The third kappa shape index (κ3) is 7.92. The Morgan fingerprint density at radius 1 is 1.20 bits per heavy atom. The molecule has 1 aromatic rings. The van der Waals surface area contributed by atoms with Crippen LogP contribution < -0.4 is 14.8 Å². The third-order valence-electron chi connectivity index (χ3n) is 3.56. The number of benzene rings is 1. The number of aliphatic carboxylic acids is 1. The number of carboxylic acid groups (broad SMARTS) is 1. The molecule has 1 atom stereocenters. The van der Waals surface area contributed by atoms with Crippen molar-refractivity contribution in [2.45, 2.75) is 53.5 Å². The van der Waals surface area contributed by atoms with Gasteiger partial charge in [0.05, 0.1) is 6.61 Å². The van der Waals surface area contributed by atoms with Crippen LogP contribution in [0.1, 0.15) is 57.8 Å². The zero-order chi connectivity index (χ0) is 19.0. The van der Waals surface area contributed by atoms with Crippen molar-refractivity contribution in [2.75, 3.05) is 13.2 Å². The SMILES string of the molecule is CCOc1cc(C(=O)NC(C)CCC(C)(C)C)ccc1OCC(=O)O. The Bertz CT molecular complexity index is 592. The number of hydrogen-bond donors (Lipinski definition) is 2. The Hall–Kier alpha value is -2.24. The number of rotatable bonds is 9. The summed E-state index contributed by atoms with van der Waals surface area (Å²) in [5.74, 6) is -0.593. The average Bonchev–Trinajstić information content (AvgIpc) is 2.51. The van der Waals surface area contributed by atoms with Crippen LogP contribution in [0.2, 0.25) is 0 Å². The van der Waals surface area contributed by atoms with Gasteiger partial charge >= 0.3 is 5.97 Å². The summed E-state index contributed by atoms with van der Waals surface area (Å²) in [6, 6.07) is 4.80. The van der Waals surface area contributed by atoms with Crippen molar-refractivity contribution in [1.82, 2.24) is 5.32 Å². The second kappa shape index (κ2) is 9.30. The number of hydrogen-bond acceptors (Lipinski definition) is 4. The fourth-order valence-electron chi connectivity index (χ4n) is 2.21. The molecule has 1 amide bonds. The van der Waals surface area contributed by atoms with E-state index in [1.165, 1.54) is 0 Å². The predicted octanol–water partition coefficient (Wildman–Crippen LogP) is 3.49. The maximum Gasteiger partial charge on any atom is 0.341 e. The predicted molar refractivity (Wildman–Crippen MR) is 96.4 cm³/mol. The quantitative estimate of drug-likeness (QED) is 0.711. The second-order valence-electron chi connectivity index (χ2n) is 7.25. The van der Waals surface area contributed by atoms with Gasteiger partial charge in [-0.1, -0.05) is 20.8 Å². The monoisotopic (exact) mass is 351 g/mol. The number of ether oxygens (including phenoxy) is 2. The molecule has 1 unspecified atom stereocenters. The van der Waals surface area contributed by atoms with E-state index in [1.807, 2.05) is 13.8 Å². The normalized spacial score (nSPS) is 12.4. The summed E-state index contributed by atoms with van der Waals surface area (Å²) in [7, 11) is 0. The van der Waals surface area contributed by atoms with E-state index in [4.69, 9.17) is 14.6 Å². The maximum absolute atomic E-state index is 12.4. The van der Waals surface area contributed by atoms with Gasteiger partial charge in [-0.05, 0) is 50.3 Å². The maximum atomic E-state index is 12.4. The third-order valence-corrected chi connectivity index (χ3v) is 3.56. The fourth-order valence-corrected chi connectivity index (χ4v) is 2.21. The molecule has 0 heterocycles. The molecule has 2 N–H and O–H groups in total. The van der Waals surface area contributed by atoms with Gasteiger partial charge in [0.2, 0.25) is 0 Å². The smallest absolute Gasteiger partial charge is 0.341 e. The van der Waals surface area contributed by atoms with Gasteiger partial charge in [0.25, 0.3) is 5.91 Å². The van der Waals surface area contributed by atoms with Gasteiger partial charge in [-0.25, -0.2) is 4.79 Å². The van der Waals surface area contributed by atoms with Crippen molar-refractivity contribution < 1.29 is 24.2 Å². The number of carboxylic acids is 1. The molecule has 0 fully saturated rings. The van der Waals surface area contributed by atoms with Crippen LogP contribution in [0.4, 0.5) is 0 Å². The first-order valence-corrected chi connectivity index (χ1v) is 8.54.